The Hall–Kier alpha value is -0.930. The highest BCUT2D eigenvalue weighted by atomic mass is 16.5. The molecule has 1 rings (SSSR count). The second-order valence-corrected chi connectivity index (χ2v) is 2.56. The molecule has 1 atom stereocenters. The van der Waals surface area contributed by atoms with Crippen molar-refractivity contribution >= 4 is 0 Å². The van der Waals surface area contributed by atoms with E-state index < -0.39 is 0 Å². The molecule has 1 heterocycles. The van der Waals surface area contributed by atoms with Gasteiger partial charge in [-0.3, -0.25) is 4.98 Å². The van der Waals surface area contributed by atoms with Crippen LogP contribution in [-0.2, 0) is 4.74 Å². The summed E-state index contributed by atoms with van der Waals surface area (Å²) in [7, 11) is 1.68. The molecule has 1 aromatic rings. The number of nitrogens with two attached hydrogens (primary N) is 1. The van der Waals surface area contributed by atoms with Gasteiger partial charge in [0.25, 0.3) is 0 Å². The molecule has 0 spiro atoms. The minimum absolute atomic E-state index is 0.0381. The van der Waals surface area contributed by atoms with E-state index in [1.54, 1.807) is 13.3 Å². The van der Waals surface area contributed by atoms with Gasteiger partial charge in [-0.05, 0) is 25.1 Å². The molecule has 3 nitrogen and oxygen atoms in total. The Kier molecular flexibility index (Phi) is 3.70. The summed E-state index contributed by atoms with van der Waals surface area (Å²) in [6, 6.07) is 5.79. The molecule has 0 saturated carbocycles. The highest BCUT2D eigenvalue weighted by molar-refractivity contribution is 5.06. The highest BCUT2D eigenvalue weighted by Crippen LogP contribution is 2.16. The Morgan fingerprint density at radius 3 is 2.92 bits per heavy atom. The first-order chi connectivity index (χ1) is 5.88. The lowest BCUT2D eigenvalue weighted by Gasteiger charge is -2.12. The lowest BCUT2D eigenvalue weighted by Crippen LogP contribution is -2.10. The van der Waals surface area contributed by atoms with Crippen LogP contribution in [0, 0.1) is 0 Å². The average molecular weight is 166 g/mol. The van der Waals surface area contributed by atoms with E-state index in [-0.39, 0.29) is 6.10 Å². The normalized spacial score (nSPS) is 12.8. The van der Waals surface area contributed by atoms with Crippen LogP contribution in [0.3, 0.4) is 0 Å². The van der Waals surface area contributed by atoms with Gasteiger partial charge in [-0.2, -0.15) is 0 Å². The lowest BCUT2D eigenvalue weighted by atomic mass is 10.1. The number of methoxy groups -OCH3 is 1. The molecule has 66 valence electrons. The summed E-state index contributed by atoms with van der Waals surface area (Å²) >= 11 is 0. The van der Waals surface area contributed by atoms with E-state index in [2.05, 4.69) is 4.98 Å². The third-order valence-corrected chi connectivity index (χ3v) is 1.73. The fourth-order valence-corrected chi connectivity index (χ4v) is 1.10. The van der Waals surface area contributed by atoms with Crippen molar-refractivity contribution in [3.63, 3.8) is 0 Å². The molecule has 0 amide bonds. The molecular weight excluding hydrogens is 152 g/mol. The number of pyridine rings is 1. The number of hydrogen-bond donors (Lipinski definition) is 1. The van der Waals surface area contributed by atoms with Crippen molar-refractivity contribution in [1.82, 2.24) is 4.98 Å². The van der Waals surface area contributed by atoms with Crippen LogP contribution in [0.5, 0.6) is 0 Å². The van der Waals surface area contributed by atoms with Gasteiger partial charge in [0.2, 0.25) is 0 Å². The quantitative estimate of drug-likeness (QED) is 0.729. The third kappa shape index (κ3) is 2.29. The monoisotopic (exact) mass is 166 g/mol. The number of ether oxygens (including phenoxy) is 1. The smallest absolute Gasteiger partial charge is 0.100 e. The molecule has 2 N–H and O–H groups in total. The number of aromatic nitrogens is 1. The van der Waals surface area contributed by atoms with Crippen LogP contribution < -0.4 is 5.73 Å². The minimum atomic E-state index is 0.0381. The van der Waals surface area contributed by atoms with Crippen molar-refractivity contribution in [3.8, 4) is 0 Å². The van der Waals surface area contributed by atoms with Crippen molar-refractivity contribution in [3.05, 3.63) is 30.1 Å². The average Bonchev–Trinajstić information content (AvgIpc) is 2.15. The number of hydrogen-bond acceptors (Lipinski definition) is 3. The summed E-state index contributed by atoms with van der Waals surface area (Å²) in [6.45, 7) is 0.620. The van der Waals surface area contributed by atoms with Crippen molar-refractivity contribution in [1.29, 1.82) is 0 Å². The SMILES string of the molecule is COC(CCN)c1ccccn1. The van der Waals surface area contributed by atoms with E-state index >= 15 is 0 Å². The maximum Gasteiger partial charge on any atom is 0.100 e. The van der Waals surface area contributed by atoms with Crippen molar-refractivity contribution in [2.75, 3.05) is 13.7 Å². The second kappa shape index (κ2) is 4.85. The Balaban J connectivity index is 2.66. The lowest BCUT2D eigenvalue weighted by molar-refractivity contribution is 0.0942. The first kappa shape index (κ1) is 9.16. The minimum Gasteiger partial charge on any atom is -0.375 e. The fraction of sp³-hybridized carbons (Fsp3) is 0.444. The van der Waals surface area contributed by atoms with Gasteiger partial charge in [0, 0.05) is 13.3 Å². The first-order valence-electron chi connectivity index (χ1n) is 4.02. The van der Waals surface area contributed by atoms with Crippen molar-refractivity contribution in [2.45, 2.75) is 12.5 Å². The maximum absolute atomic E-state index is 5.43. The van der Waals surface area contributed by atoms with Gasteiger partial charge in [-0.25, -0.2) is 0 Å². The molecule has 0 bridgehead atoms. The zero-order chi connectivity index (χ0) is 8.81. The van der Waals surface area contributed by atoms with Crippen molar-refractivity contribution < 1.29 is 4.74 Å². The van der Waals surface area contributed by atoms with E-state index in [1.165, 1.54) is 0 Å². The van der Waals surface area contributed by atoms with E-state index in [4.69, 9.17) is 10.5 Å². The van der Waals surface area contributed by atoms with Crippen LogP contribution in [0.15, 0.2) is 24.4 Å². The molecule has 0 radical (unpaired) electrons. The summed E-state index contributed by atoms with van der Waals surface area (Å²) in [5, 5.41) is 0. The molecule has 0 aliphatic rings. The summed E-state index contributed by atoms with van der Waals surface area (Å²) in [6.07, 6.45) is 2.61. The van der Waals surface area contributed by atoms with Crippen LogP contribution in [0.4, 0.5) is 0 Å². The summed E-state index contributed by atoms with van der Waals surface area (Å²) in [5.74, 6) is 0. The zero-order valence-electron chi connectivity index (χ0n) is 7.23. The molecule has 0 aliphatic carbocycles. The van der Waals surface area contributed by atoms with Gasteiger partial charge in [0.15, 0.2) is 0 Å². The maximum atomic E-state index is 5.43. The van der Waals surface area contributed by atoms with Gasteiger partial charge in [0.05, 0.1) is 5.69 Å². The van der Waals surface area contributed by atoms with Gasteiger partial charge in [-0.1, -0.05) is 6.07 Å². The predicted molar refractivity (Wildman–Crippen MR) is 47.7 cm³/mol. The Labute approximate surface area is 72.6 Å². The summed E-state index contributed by atoms with van der Waals surface area (Å²) < 4.78 is 5.23. The first-order valence-corrected chi connectivity index (χ1v) is 4.02. The van der Waals surface area contributed by atoms with Crippen LogP contribution >= 0.6 is 0 Å². The molecule has 0 fully saturated rings. The topological polar surface area (TPSA) is 48.1 Å². The summed E-state index contributed by atoms with van der Waals surface area (Å²) in [4.78, 5) is 4.19. The fourth-order valence-electron chi connectivity index (χ4n) is 1.10. The van der Waals surface area contributed by atoms with Gasteiger partial charge in [-0.15, -0.1) is 0 Å². The van der Waals surface area contributed by atoms with Crippen LogP contribution in [-0.4, -0.2) is 18.6 Å². The standard InChI is InChI=1S/C9H14N2O/c1-12-9(5-6-10)8-4-2-3-7-11-8/h2-4,7,9H,5-6,10H2,1H3. The van der Waals surface area contributed by atoms with E-state index in [9.17, 15) is 0 Å². The van der Waals surface area contributed by atoms with E-state index in [1.807, 2.05) is 18.2 Å². The van der Waals surface area contributed by atoms with Crippen LogP contribution in [0.2, 0.25) is 0 Å². The molecule has 0 aliphatic heterocycles. The largest absolute Gasteiger partial charge is 0.375 e. The molecule has 0 aromatic carbocycles. The van der Waals surface area contributed by atoms with Crippen molar-refractivity contribution in [2.24, 2.45) is 5.73 Å². The molecule has 3 heteroatoms. The summed E-state index contributed by atoms with van der Waals surface area (Å²) in [5.41, 5.74) is 6.38. The zero-order valence-corrected chi connectivity index (χ0v) is 7.23. The Morgan fingerprint density at radius 2 is 2.42 bits per heavy atom. The number of rotatable bonds is 4. The second-order valence-electron chi connectivity index (χ2n) is 2.56. The highest BCUT2D eigenvalue weighted by Gasteiger charge is 2.08. The predicted octanol–water partition coefficient (Wildman–Crippen LogP) is 1.12. The molecular formula is C9H14N2O. The van der Waals surface area contributed by atoms with E-state index in [0.29, 0.717) is 6.54 Å². The Bertz CT molecular complexity index is 213. The van der Waals surface area contributed by atoms with Crippen LogP contribution in [0.1, 0.15) is 18.2 Å². The third-order valence-electron chi connectivity index (χ3n) is 1.73. The molecule has 1 aromatic heterocycles. The molecule has 0 saturated heterocycles. The van der Waals surface area contributed by atoms with Gasteiger partial charge in [0.1, 0.15) is 6.10 Å². The number of nitrogens with zero attached hydrogens (tertiary/aromatic N) is 1. The molecule has 1 unspecified atom stereocenters. The molecule has 12 heavy (non-hydrogen) atoms. The van der Waals surface area contributed by atoms with E-state index in [0.717, 1.165) is 12.1 Å². The van der Waals surface area contributed by atoms with Gasteiger partial charge >= 0.3 is 0 Å². The van der Waals surface area contributed by atoms with Crippen LogP contribution in [0.25, 0.3) is 0 Å². The van der Waals surface area contributed by atoms with Gasteiger partial charge < -0.3 is 10.5 Å². The Morgan fingerprint density at radius 1 is 1.58 bits per heavy atom.